The van der Waals surface area contributed by atoms with E-state index in [2.05, 4.69) is 12.4 Å². The average Bonchev–Trinajstić information content (AvgIpc) is 2.79. The van der Waals surface area contributed by atoms with Crippen molar-refractivity contribution in [3.8, 4) is 0 Å². The van der Waals surface area contributed by atoms with Gasteiger partial charge in [0.05, 0.1) is 0 Å². The largest absolute Gasteiger partial charge is 0.317 e. The van der Waals surface area contributed by atoms with Gasteiger partial charge in [-0.25, -0.2) is 4.39 Å². The van der Waals surface area contributed by atoms with Crippen LogP contribution in [0, 0.1) is 11.7 Å². The van der Waals surface area contributed by atoms with Crippen LogP contribution in [0.3, 0.4) is 0 Å². The van der Waals surface area contributed by atoms with E-state index in [4.69, 9.17) is 0 Å². The summed E-state index contributed by atoms with van der Waals surface area (Å²) in [5.74, 6) is 1.81. The Kier molecular flexibility index (Phi) is 4.86. The van der Waals surface area contributed by atoms with Gasteiger partial charge in [0.25, 0.3) is 0 Å². The molecule has 1 nitrogen and oxygen atoms in total. The van der Waals surface area contributed by atoms with Crippen molar-refractivity contribution in [3.63, 3.8) is 0 Å². The van der Waals surface area contributed by atoms with Crippen molar-refractivity contribution in [1.29, 1.82) is 0 Å². The Bertz CT molecular complexity index is 339. The first-order valence-electron chi connectivity index (χ1n) is 6.35. The molecule has 1 saturated carbocycles. The van der Waals surface area contributed by atoms with Crippen LogP contribution in [-0.4, -0.2) is 18.8 Å². The molecule has 1 fully saturated rings. The number of halogens is 1. The maximum Gasteiger partial charge on any atom is 0.123 e. The van der Waals surface area contributed by atoms with E-state index in [1.165, 1.54) is 42.7 Å². The van der Waals surface area contributed by atoms with Crippen LogP contribution in [0.25, 0.3) is 0 Å². The van der Waals surface area contributed by atoms with Crippen LogP contribution in [0.2, 0.25) is 0 Å². The number of rotatable bonds is 5. The third kappa shape index (κ3) is 3.71. The molecule has 0 radical (unpaired) electrons. The van der Waals surface area contributed by atoms with Crippen molar-refractivity contribution in [2.24, 2.45) is 5.92 Å². The normalized spacial score (nSPS) is 24.1. The Morgan fingerprint density at radius 2 is 2.06 bits per heavy atom. The van der Waals surface area contributed by atoms with Crippen molar-refractivity contribution in [3.05, 3.63) is 30.1 Å². The molecule has 0 bridgehead atoms. The number of nitrogens with one attached hydrogen (secondary N) is 1. The lowest BCUT2D eigenvalue weighted by atomic mass is 10.0. The highest BCUT2D eigenvalue weighted by Gasteiger charge is 2.24. The third-order valence-corrected chi connectivity index (χ3v) is 4.65. The summed E-state index contributed by atoms with van der Waals surface area (Å²) in [4.78, 5) is 1.17. The van der Waals surface area contributed by atoms with E-state index in [1.807, 2.05) is 23.9 Å². The SMILES string of the molecule is CNC1CCCC1CCSc1ccc(F)cc1. The van der Waals surface area contributed by atoms with Crippen LogP contribution in [-0.2, 0) is 0 Å². The molecule has 3 heteroatoms. The molecule has 0 aromatic heterocycles. The summed E-state index contributed by atoms with van der Waals surface area (Å²) in [6, 6.07) is 7.51. The zero-order valence-corrected chi connectivity index (χ0v) is 11.1. The predicted octanol–water partition coefficient (Wildman–Crippen LogP) is 3.70. The Morgan fingerprint density at radius 3 is 2.76 bits per heavy atom. The van der Waals surface area contributed by atoms with Gasteiger partial charge < -0.3 is 5.32 Å². The second kappa shape index (κ2) is 6.41. The van der Waals surface area contributed by atoms with Crippen molar-refractivity contribution in [2.45, 2.75) is 36.6 Å². The standard InChI is InChI=1S/C14H20FNS/c1-16-14-4-2-3-11(14)9-10-17-13-7-5-12(15)6-8-13/h5-8,11,14,16H,2-4,9-10H2,1H3. The zero-order valence-electron chi connectivity index (χ0n) is 10.3. The molecule has 0 amide bonds. The van der Waals surface area contributed by atoms with Gasteiger partial charge in [-0.15, -0.1) is 11.8 Å². The van der Waals surface area contributed by atoms with Gasteiger partial charge in [0.2, 0.25) is 0 Å². The lowest BCUT2D eigenvalue weighted by Crippen LogP contribution is -2.29. The van der Waals surface area contributed by atoms with E-state index in [1.54, 1.807) is 0 Å². The highest BCUT2D eigenvalue weighted by Crippen LogP contribution is 2.30. The maximum absolute atomic E-state index is 12.7. The second-order valence-corrected chi connectivity index (χ2v) is 5.85. The molecule has 2 unspecified atom stereocenters. The fourth-order valence-electron chi connectivity index (χ4n) is 2.62. The average molecular weight is 253 g/mol. The van der Waals surface area contributed by atoms with Crippen molar-refractivity contribution < 1.29 is 4.39 Å². The quantitative estimate of drug-likeness (QED) is 0.803. The Balaban J connectivity index is 1.74. The number of hydrogen-bond donors (Lipinski definition) is 1. The summed E-state index contributed by atoms with van der Waals surface area (Å²) < 4.78 is 12.7. The van der Waals surface area contributed by atoms with Crippen LogP contribution in [0.5, 0.6) is 0 Å². The van der Waals surface area contributed by atoms with Crippen LogP contribution >= 0.6 is 11.8 Å². The molecule has 2 rings (SSSR count). The van der Waals surface area contributed by atoms with E-state index in [-0.39, 0.29) is 5.82 Å². The molecule has 2 atom stereocenters. The monoisotopic (exact) mass is 253 g/mol. The van der Waals surface area contributed by atoms with Crippen LogP contribution in [0.1, 0.15) is 25.7 Å². The van der Waals surface area contributed by atoms with Gasteiger partial charge in [0.15, 0.2) is 0 Å². The summed E-state index contributed by atoms with van der Waals surface area (Å²) in [6.07, 6.45) is 5.29. The number of benzene rings is 1. The van der Waals surface area contributed by atoms with Gasteiger partial charge in [-0.1, -0.05) is 6.42 Å². The van der Waals surface area contributed by atoms with Crippen LogP contribution in [0.15, 0.2) is 29.2 Å². The molecule has 0 spiro atoms. The Hall–Kier alpha value is -0.540. The highest BCUT2D eigenvalue weighted by molar-refractivity contribution is 7.99. The molecular weight excluding hydrogens is 233 g/mol. The Morgan fingerprint density at radius 1 is 1.29 bits per heavy atom. The van der Waals surface area contributed by atoms with Gasteiger partial charge in [0.1, 0.15) is 5.82 Å². The third-order valence-electron chi connectivity index (χ3n) is 3.60. The second-order valence-electron chi connectivity index (χ2n) is 4.68. The molecule has 1 aromatic rings. The lowest BCUT2D eigenvalue weighted by molar-refractivity contribution is 0.417. The summed E-state index contributed by atoms with van der Waals surface area (Å²) in [5, 5.41) is 3.41. The maximum atomic E-state index is 12.7. The fourth-order valence-corrected chi connectivity index (χ4v) is 3.61. The van der Waals surface area contributed by atoms with E-state index < -0.39 is 0 Å². The van der Waals surface area contributed by atoms with E-state index in [9.17, 15) is 4.39 Å². The van der Waals surface area contributed by atoms with Gasteiger partial charge in [0, 0.05) is 10.9 Å². The summed E-state index contributed by atoms with van der Waals surface area (Å²) >= 11 is 1.83. The van der Waals surface area contributed by atoms with Gasteiger partial charge >= 0.3 is 0 Å². The van der Waals surface area contributed by atoms with Gasteiger partial charge in [-0.3, -0.25) is 0 Å². The minimum atomic E-state index is -0.152. The zero-order chi connectivity index (χ0) is 12.1. The Labute approximate surface area is 107 Å². The van der Waals surface area contributed by atoms with Crippen molar-refractivity contribution in [1.82, 2.24) is 5.32 Å². The van der Waals surface area contributed by atoms with Gasteiger partial charge in [-0.05, 0) is 62.2 Å². The molecule has 94 valence electrons. The smallest absolute Gasteiger partial charge is 0.123 e. The topological polar surface area (TPSA) is 12.0 Å². The van der Waals surface area contributed by atoms with E-state index in [0.717, 1.165) is 11.7 Å². The van der Waals surface area contributed by atoms with Crippen LogP contribution < -0.4 is 5.32 Å². The summed E-state index contributed by atoms with van der Waals surface area (Å²) in [5.41, 5.74) is 0. The molecule has 1 N–H and O–H groups in total. The molecule has 17 heavy (non-hydrogen) atoms. The number of thioether (sulfide) groups is 1. The molecule has 0 heterocycles. The minimum absolute atomic E-state index is 0.152. The van der Waals surface area contributed by atoms with E-state index >= 15 is 0 Å². The minimum Gasteiger partial charge on any atom is -0.317 e. The summed E-state index contributed by atoms with van der Waals surface area (Å²) in [7, 11) is 2.07. The summed E-state index contributed by atoms with van der Waals surface area (Å²) in [6.45, 7) is 0. The van der Waals surface area contributed by atoms with E-state index in [0.29, 0.717) is 6.04 Å². The van der Waals surface area contributed by atoms with Crippen molar-refractivity contribution >= 4 is 11.8 Å². The predicted molar refractivity (Wildman–Crippen MR) is 71.9 cm³/mol. The molecule has 1 aliphatic rings. The number of hydrogen-bond acceptors (Lipinski definition) is 2. The molecular formula is C14H20FNS. The first-order chi connectivity index (χ1) is 8.29. The molecule has 0 aliphatic heterocycles. The molecule has 1 aromatic carbocycles. The fraction of sp³-hybridized carbons (Fsp3) is 0.571. The first-order valence-corrected chi connectivity index (χ1v) is 7.34. The first kappa shape index (κ1) is 12.9. The highest BCUT2D eigenvalue weighted by atomic mass is 32.2. The van der Waals surface area contributed by atoms with Crippen LogP contribution in [0.4, 0.5) is 4.39 Å². The van der Waals surface area contributed by atoms with Gasteiger partial charge in [-0.2, -0.15) is 0 Å². The molecule has 1 aliphatic carbocycles. The lowest BCUT2D eigenvalue weighted by Gasteiger charge is -2.18. The molecule has 0 saturated heterocycles. The van der Waals surface area contributed by atoms with Crippen molar-refractivity contribution in [2.75, 3.05) is 12.8 Å².